The van der Waals surface area contributed by atoms with Gasteiger partial charge in [0.25, 0.3) is 0 Å². The first-order chi connectivity index (χ1) is 12.0. The van der Waals surface area contributed by atoms with Gasteiger partial charge in [0.2, 0.25) is 12.3 Å². The number of nitrogens with zero attached hydrogens (tertiary/aromatic N) is 3. The minimum atomic E-state index is -0.243. The van der Waals surface area contributed by atoms with Crippen LogP contribution in [-0.2, 0) is 4.79 Å². The van der Waals surface area contributed by atoms with Gasteiger partial charge in [0.15, 0.2) is 0 Å². The number of carbonyl (C=O) groups is 1. The Morgan fingerprint density at radius 3 is 2.64 bits per heavy atom. The van der Waals surface area contributed by atoms with E-state index >= 15 is 0 Å². The Kier molecular flexibility index (Phi) is 7.49. The molecule has 1 heterocycles. The highest BCUT2D eigenvalue weighted by Crippen LogP contribution is 2.27. The lowest BCUT2D eigenvalue weighted by Gasteiger charge is -2.16. The summed E-state index contributed by atoms with van der Waals surface area (Å²) in [6, 6.07) is 5.16. The van der Waals surface area contributed by atoms with Crippen LogP contribution in [-0.4, -0.2) is 33.4 Å². The summed E-state index contributed by atoms with van der Waals surface area (Å²) in [5.74, 6) is 0.111. The molecule has 1 atom stereocenters. The number of anilines is 2. The summed E-state index contributed by atoms with van der Waals surface area (Å²) in [6.45, 7) is 2.20. The van der Waals surface area contributed by atoms with E-state index in [1.54, 1.807) is 18.2 Å². The van der Waals surface area contributed by atoms with Gasteiger partial charge in [0, 0.05) is 15.7 Å². The fraction of sp³-hybridized carbons (Fsp3) is 0.438. The molecule has 0 radical (unpaired) electrons. The molecule has 1 amide bonds. The molecule has 2 aromatic rings. The lowest BCUT2D eigenvalue weighted by molar-refractivity contribution is -0.151. The van der Waals surface area contributed by atoms with E-state index in [1.807, 2.05) is 0 Å². The summed E-state index contributed by atoms with van der Waals surface area (Å²) in [6.07, 6.45) is 4.13. The Labute approximate surface area is 155 Å². The zero-order valence-corrected chi connectivity index (χ0v) is 15.3. The Hall–Kier alpha value is -1.83. The maximum Gasteiger partial charge on any atom is 0.320 e. The molecule has 2 N–H and O–H groups in total. The zero-order chi connectivity index (χ0) is 18.2. The number of aromatic nitrogens is 2. The maximum atomic E-state index is 10.7. The van der Waals surface area contributed by atoms with Crippen molar-refractivity contribution in [2.75, 3.05) is 11.9 Å². The van der Waals surface area contributed by atoms with Crippen molar-refractivity contribution < 1.29 is 14.4 Å². The topological polar surface area (TPSA) is 91.5 Å². The van der Waals surface area contributed by atoms with Crippen LogP contribution >= 0.6 is 23.2 Å². The smallest absolute Gasteiger partial charge is 0.320 e. The molecule has 0 spiro atoms. The third-order valence-electron chi connectivity index (χ3n) is 3.59. The molecule has 136 valence electrons. The van der Waals surface area contributed by atoms with Gasteiger partial charge in [-0.15, -0.1) is 5.10 Å². The number of hydroxylamine groups is 2. The lowest BCUT2D eigenvalue weighted by Crippen LogP contribution is -2.24. The Morgan fingerprint density at radius 2 is 2.00 bits per heavy atom. The summed E-state index contributed by atoms with van der Waals surface area (Å²) < 4.78 is 5.63. The van der Waals surface area contributed by atoms with E-state index in [0.717, 1.165) is 25.7 Å². The predicted octanol–water partition coefficient (Wildman–Crippen LogP) is 4.63. The minimum Gasteiger partial charge on any atom is -0.408 e. The van der Waals surface area contributed by atoms with Crippen LogP contribution in [0.3, 0.4) is 0 Å². The number of unbranched alkanes of at least 4 members (excludes halogenated alkanes) is 2. The second kappa shape index (κ2) is 9.60. The van der Waals surface area contributed by atoms with Gasteiger partial charge in [-0.3, -0.25) is 10.0 Å². The van der Waals surface area contributed by atoms with Crippen LogP contribution in [0.2, 0.25) is 10.0 Å². The third kappa shape index (κ3) is 6.19. The summed E-state index contributed by atoms with van der Waals surface area (Å²) in [7, 11) is 0. The molecule has 0 saturated heterocycles. The van der Waals surface area contributed by atoms with Gasteiger partial charge >= 0.3 is 6.01 Å². The second-order valence-electron chi connectivity index (χ2n) is 5.65. The van der Waals surface area contributed by atoms with Crippen LogP contribution in [0.4, 0.5) is 11.7 Å². The third-order valence-corrected chi connectivity index (χ3v) is 4.03. The summed E-state index contributed by atoms with van der Waals surface area (Å²) in [5, 5.41) is 21.9. The van der Waals surface area contributed by atoms with Crippen LogP contribution in [0.25, 0.3) is 0 Å². The Morgan fingerprint density at radius 1 is 1.28 bits per heavy atom. The number of halogens is 2. The molecule has 1 aromatic heterocycles. The second-order valence-corrected chi connectivity index (χ2v) is 6.52. The highest BCUT2D eigenvalue weighted by Gasteiger charge is 2.21. The molecular weight excluding hydrogens is 367 g/mol. The van der Waals surface area contributed by atoms with Crippen molar-refractivity contribution >= 4 is 41.3 Å². The van der Waals surface area contributed by atoms with E-state index in [0.29, 0.717) is 33.1 Å². The van der Waals surface area contributed by atoms with E-state index < -0.39 is 0 Å². The van der Waals surface area contributed by atoms with Gasteiger partial charge in [0.1, 0.15) is 0 Å². The highest BCUT2D eigenvalue weighted by molar-refractivity contribution is 6.35. The zero-order valence-electron chi connectivity index (χ0n) is 13.8. The first-order valence-corrected chi connectivity index (χ1v) is 8.74. The Bertz CT molecular complexity index is 676. The van der Waals surface area contributed by atoms with Crippen molar-refractivity contribution in [3.8, 4) is 0 Å². The minimum absolute atomic E-state index is 0.0951. The van der Waals surface area contributed by atoms with Gasteiger partial charge in [-0.25, -0.2) is 5.06 Å². The molecule has 2 rings (SSSR count). The molecule has 0 saturated carbocycles. The maximum absolute atomic E-state index is 10.7. The van der Waals surface area contributed by atoms with E-state index in [1.165, 1.54) is 0 Å². The fourth-order valence-electron chi connectivity index (χ4n) is 2.40. The molecular formula is C16H20Cl2N4O3. The summed E-state index contributed by atoms with van der Waals surface area (Å²) >= 11 is 11.9. The summed E-state index contributed by atoms with van der Waals surface area (Å²) in [4.78, 5) is 10.7. The van der Waals surface area contributed by atoms with Gasteiger partial charge in [-0.2, -0.15) is 0 Å². The van der Waals surface area contributed by atoms with Gasteiger partial charge in [-0.1, -0.05) is 54.5 Å². The highest BCUT2D eigenvalue weighted by atomic mass is 35.5. The largest absolute Gasteiger partial charge is 0.408 e. The normalized spacial score (nSPS) is 12.0. The fourth-order valence-corrected chi connectivity index (χ4v) is 2.93. The van der Waals surface area contributed by atoms with Gasteiger partial charge < -0.3 is 9.73 Å². The van der Waals surface area contributed by atoms with E-state index in [4.69, 9.17) is 27.6 Å². The lowest BCUT2D eigenvalue weighted by atomic mass is 10.0. The van der Waals surface area contributed by atoms with E-state index in [-0.39, 0.29) is 18.5 Å². The van der Waals surface area contributed by atoms with Gasteiger partial charge in [-0.05, 0) is 24.6 Å². The Balaban J connectivity index is 2.10. The molecule has 0 aliphatic heterocycles. The van der Waals surface area contributed by atoms with Crippen molar-refractivity contribution in [3.63, 3.8) is 0 Å². The molecule has 0 bridgehead atoms. The average molecular weight is 387 g/mol. The van der Waals surface area contributed by atoms with Crippen molar-refractivity contribution in [3.05, 3.63) is 34.1 Å². The summed E-state index contributed by atoms with van der Waals surface area (Å²) in [5.41, 5.74) is 0.618. The number of hydrogen-bond acceptors (Lipinski definition) is 6. The first-order valence-electron chi connectivity index (χ1n) is 7.99. The van der Waals surface area contributed by atoms with Crippen LogP contribution < -0.4 is 5.32 Å². The molecule has 0 aliphatic carbocycles. The van der Waals surface area contributed by atoms with Crippen LogP contribution in [0.15, 0.2) is 22.6 Å². The van der Waals surface area contributed by atoms with Crippen LogP contribution in [0.5, 0.6) is 0 Å². The quantitative estimate of drug-likeness (QED) is 0.267. The van der Waals surface area contributed by atoms with Crippen molar-refractivity contribution in [1.82, 2.24) is 15.3 Å². The molecule has 25 heavy (non-hydrogen) atoms. The van der Waals surface area contributed by atoms with Crippen LogP contribution in [0, 0.1) is 0 Å². The number of amides is 1. The number of carbonyl (C=O) groups excluding carboxylic acids is 1. The van der Waals surface area contributed by atoms with Gasteiger partial charge in [0.05, 0.1) is 12.5 Å². The van der Waals surface area contributed by atoms with Crippen molar-refractivity contribution in [1.29, 1.82) is 0 Å². The SMILES string of the molecule is CCCCC[C@@H](CN(O)C=O)c1nnc(Nc2cc(Cl)cc(Cl)c2)o1. The molecule has 0 aliphatic rings. The molecule has 7 nitrogen and oxygen atoms in total. The monoisotopic (exact) mass is 386 g/mol. The van der Waals surface area contributed by atoms with Crippen molar-refractivity contribution in [2.45, 2.75) is 38.5 Å². The van der Waals surface area contributed by atoms with Crippen LogP contribution in [0.1, 0.15) is 44.4 Å². The average Bonchev–Trinajstić information content (AvgIpc) is 3.01. The number of hydrogen-bond donors (Lipinski definition) is 2. The first kappa shape index (κ1) is 19.5. The molecule has 0 unspecified atom stereocenters. The van der Waals surface area contributed by atoms with E-state index in [9.17, 15) is 10.0 Å². The van der Waals surface area contributed by atoms with E-state index in [2.05, 4.69) is 22.4 Å². The number of benzene rings is 1. The molecule has 1 aromatic carbocycles. The predicted molar refractivity (Wildman–Crippen MR) is 95.5 cm³/mol. The van der Waals surface area contributed by atoms with Crippen molar-refractivity contribution in [2.24, 2.45) is 0 Å². The standard InChI is InChI=1S/C16H20Cl2N4O3/c1-2-3-4-5-11(9-22(24)10-23)15-20-21-16(25-15)19-14-7-12(17)6-13(18)8-14/h6-8,10-11,24H,2-5,9H2,1H3,(H,19,21)/t11-/m0/s1. The number of rotatable bonds is 10. The molecule has 9 heteroatoms. The number of nitrogens with one attached hydrogen (secondary N) is 1. The molecule has 0 fully saturated rings.